The van der Waals surface area contributed by atoms with Crippen molar-refractivity contribution < 1.29 is 4.92 Å². The molecule has 1 aliphatic carbocycles. The van der Waals surface area contributed by atoms with Gasteiger partial charge >= 0.3 is 5.69 Å². The Morgan fingerprint density at radius 1 is 1.53 bits per heavy atom. The molecule has 1 aromatic rings. The number of anilines is 2. The van der Waals surface area contributed by atoms with E-state index in [4.69, 9.17) is 5.73 Å². The molecule has 8 heteroatoms. The standard InChI is InChI=1S/C11H17N5O2S/c1-19-9-5-3-2-4-7(9)14-11-13-6-8(16(17)18)10(12)15-11/h6-7,9H,2-5H2,1H3,(H3,12,13,14,15)/t7-,9+/m1/s1. The van der Waals surface area contributed by atoms with Gasteiger partial charge < -0.3 is 11.1 Å². The van der Waals surface area contributed by atoms with Crippen molar-refractivity contribution in [3.05, 3.63) is 16.3 Å². The first-order chi connectivity index (χ1) is 9.11. The zero-order valence-electron chi connectivity index (χ0n) is 10.7. The van der Waals surface area contributed by atoms with Gasteiger partial charge in [-0.2, -0.15) is 16.7 Å². The van der Waals surface area contributed by atoms with Gasteiger partial charge in [-0.15, -0.1) is 0 Å². The minimum absolute atomic E-state index is 0.0981. The van der Waals surface area contributed by atoms with Gasteiger partial charge in [-0.3, -0.25) is 10.1 Å². The number of hydrogen-bond donors (Lipinski definition) is 2. The molecule has 7 nitrogen and oxygen atoms in total. The van der Waals surface area contributed by atoms with Crippen molar-refractivity contribution in [3.8, 4) is 0 Å². The van der Waals surface area contributed by atoms with Crippen LogP contribution in [0, 0.1) is 10.1 Å². The highest BCUT2D eigenvalue weighted by Crippen LogP contribution is 2.29. The van der Waals surface area contributed by atoms with E-state index >= 15 is 0 Å². The van der Waals surface area contributed by atoms with E-state index in [0.29, 0.717) is 17.2 Å². The number of nitrogens with one attached hydrogen (secondary N) is 1. The highest BCUT2D eigenvalue weighted by Gasteiger charge is 2.25. The van der Waals surface area contributed by atoms with Crippen molar-refractivity contribution in [2.75, 3.05) is 17.3 Å². The summed E-state index contributed by atoms with van der Waals surface area (Å²) >= 11 is 1.83. The number of nitrogen functional groups attached to an aromatic ring is 1. The van der Waals surface area contributed by atoms with Crippen molar-refractivity contribution in [1.82, 2.24) is 9.97 Å². The van der Waals surface area contributed by atoms with Gasteiger partial charge in [0.25, 0.3) is 0 Å². The van der Waals surface area contributed by atoms with Gasteiger partial charge in [0, 0.05) is 11.3 Å². The van der Waals surface area contributed by atoms with Crippen LogP contribution in [0.1, 0.15) is 25.7 Å². The van der Waals surface area contributed by atoms with Gasteiger partial charge in [0.05, 0.1) is 4.92 Å². The molecule has 3 N–H and O–H groups in total. The largest absolute Gasteiger partial charge is 0.378 e. The fourth-order valence-electron chi connectivity index (χ4n) is 2.31. The van der Waals surface area contributed by atoms with Gasteiger partial charge in [-0.05, 0) is 19.1 Å². The first-order valence-corrected chi connectivity index (χ1v) is 7.47. The Morgan fingerprint density at radius 2 is 2.26 bits per heavy atom. The van der Waals surface area contributed by atoms with Crippen molar-refractivity contribution >= 4 is 29.2 Å². The smallest absolute Gasteiger partial charge is 0.329 e. The Hall–Kier alpha value is -1.57. The molecule has 1 fully saturated rings. The maximum absolute atomic E-state index is 10.6. The molecule has 1 aromatic heterocycles. The van der Waals surface area contributed by atoms with E-state index in [9.17, 15) is 10.1 Å². The van der Waals surface area contributed by atoms with Crippen molar-refractivity contribution in [2.24, 2.45) is 0 Å². The highest BCUT2D eigenvalue weighted by atomic mass is 32.2. The van der Waals surface area contributed by atoms with E-state index in [1.165, 1.54) is 19.3 Å². The zero-order chi connectivity index (χ0) is 13.8. The molecule has 104 valence electrons. The van der Waals surface area contributed by atoms with Crippen LogP contribution < -0.4 is 11.1 Å². The van der Waals surface area contributed by atoms with Crippen LogP contribution in [-0.4, -0.2) is 32.4 Å². The van der Waals surface area contributed by atoms with Crippen LogP contribution in [0.15, 0.2) is 6.20 Å². The summed E-state index contributed by atoms with van der Waals surface area (Å²) in [6, 6.07) is 0.296. The molecule has 0 unspecified atom stereocenters. The predicted molar refractivity (Wildman–Crippen MR) is 76.3 cm³/mol. The average molecular weight is 283 g/mol. The lowest BCUT2D eigenvalue weighted by Gasteiger charge is -2.30. The number of nitrogens with two attached hydrogens (primary N) is 1. The second-order valence-corrected chi connectivity index (χ2v) is 5.61. The van der Waals surface area contributed by atoms with Crippen LogP contribution in [0.4, 0.5) is 17.5 Å². The Kier molecular flexibility index (Phi) is 4.41. The molecule has 1 aliphatic rings. The van der Waals surface area contributed by atoms with Crippen LogP contribution in [-0.2, 0) is 0 Å². The predicted octanol–water partition coefficient (Wildman–Crippen LogP) is 2.05. The summed E-state index contributed by atoms with van der Waals surface area (Å²) in [7, 11) is 0. The maximum atomic E-state index is 10.6. The number of thioether (sulfide) groups is 1. The molecule has 0 spiro atoms. The molecule has 0 amide bonds. The number of nitrogens with zero attached hydrogens (tertiary/aromatic N) is 3. The SMILES string of the molecule is CS[C@H]1CCCC[C@H]1Nc1ncc([N+](=O)[O-])c(N)n1. The second kappa shape index (κ2) is 6.05. The van der Waals surface area contributed by atoms with Gasteiger partial charge in [-0.25, -0.2) is 4.98 Å². The molecule has 0 saturated heterocycles. The minimum atomic E-state index is -0.579. The van der Waals surface area contributed by atoms with E-state index in [1.807, 2.05) is 11.8 Å². The van der Waals surface area contributed by atoms with Crippen LogP contribution in [0.2, 0.25) is 0 Å². The van der Waals surface area contributed by atoms with Crippen molar-refractivity contribution in [1.29, 1.82) is 0 Å². The van der Waals surface area contributed by atoms with Gasteiger partial charge in [0.15, 0.2) is 0 Å². The Balaban J connectivity index is 2.10. The van der Waals surface area contributed by atoms with Gasteiger partial charge in [-0.1, -0.05) is 12.8 Å². The van der Waals surface area contributed by atoms with Crippen LogP contribution in [0.3, 0.4) is 0 Å². The normalized spacial score (nSPS) is 23.0. The number of rotatable bonds is 4. The summed E-state index contributed by atoms with van der Waals surface area (Å²) in [6.07, 6.45) is 7.90. The monoisotopic (exact) mass is 283 g/mol. The van der Waals surface area contributed by atoms with E-state index < -0.39 is 4.92 Å². The first kappa shape index (κ1) is 13.9. The quantitative estimate of drug-likeness (QED) is 0.643. The number of hydrogen-bond acceptors (Lipinski definition) is 7. The molecule has 0 radical (unpaired) electrons. The summed E-state index contributed by atoms with van der Waals surface area (Å²) in [5, 5.41) is 14.4. The molecule has 0 bridgehead atoms. The molecular weight excluding hydrogens is 266 g/mol. The first-order valence-electron chi connectivity index (χ1n) is 6.18. The van der Waals surface area contributed by atoms with Crippen LogP contribution in [0.25, 0.3) is 0 Å². The molecule has 1 heterocycles. The number of aromatic nitrogens is 2. The Morgan fingerprint density at radius 3 is 2.89 bits per heavy atom. The van der Waals surface area contributed by atoms with E-state index in [2.05, 4.69) is 21.5 Å². The third kappa shape index (κ3) is 3.25. The number of nitro groups is 1. The zero-order valence-corrected chi connectivity index (χ0v) is 11.5. The maximum Gasteiger partial charge on any atom is 0.329 e. The molecule has 2 atom stereocenters. The molecule has 19 heavy (non-hydrogen) atoms. The third-order valence-corrected chi connectivity index (χ3v) is 4.48. The summed E-state index contributed by atoms with van der Waals surface area (Å²) in [5.41, 5.74) is 5.30. The third-order valence-electron chi connectivity index (χ3n) is 3.31. The van der Waals surface area contributed by atoms with Gasteiger partial charge in [0.2, 0.25) is 11.8 Å². The summed E-state index contributed by atoms with van der Waals surface area (Å²) in [6.45, 7) is 0. The van der Waals surface area contributed by atoms with E-state index in [1.54, 1.807) is 0 Å². The Labute approximate surface area is 115 Å². The molecule has 1 saturated carbocycles. The second-order valence-electron chi connectivity index (χ2n) is 4.53. The fourth-order valence-corrected chi connectivity index (χ4v) is 3.24. The molecule has 0 aromatic carbocycles. The van der Waals surface area contributed by atoms with Crippen LogP contribution in [0.5, 0.6) is 0 Å². The summed E-state index contributed by atoms with van der Waals surface area (Å²) in [4.78, 5) is 18.0. The lowest BCUT2D eigenvalue weighted by molar-refractivity contribution is -0.384. The molecular formula is C11H17N5O2S. The lowest BCUT2D eigenvalue weighted by Crippen LogP contribution is -2.34. The molecule has 0 aliphatic heterocycles. The Bertz CT molecular complexity index is 470. The topological polar surface area (TPSA) is 107 Å². The van der Waals surface area contributed by atoms with Crippen molar-refractivity contribution in [2.45, 2.75) is 37.0 Å². The van der Waals surface area contributed by atoms with Gasteiger partial charge in [0.1, 0.15) is 6.20 Å². The van der Waals surface area contributed by atoms with Crippen molar-refractivity contribution in [3.63, 3.8) is 0 Å². The minimum Gasteiger partial charge on any atom is -0.378 e. The average Bonchev–Trinajstić information content (AvgIpc) is 2.39. The van der Waals surface area contributed by atoms with Crippen LogP contribution >= 0.6 is 11.8 Å². The van der Waals surface area contributed by atoms with E-state index in [-0.39, 0.29) is 11.5 Å². The van der Waals surface area contributed by atoms with E-state index in [0.717, 1.165) is 12.6 Å². The highest BCUT2D eigenvalue weighted by molar-refractivity contribution is 7.99. The summed E-state index contributed by atoms with van der Waals surface area (Å²) in [5.74, 6) is 0.271. The summed E-state index contributed by atoms with van der Waals surface area (Å²) < 4.78 is 0. The molecule has 2 rings (SSSR count). The fraction of sp³-hybridized carbons (Fsp3) is 0.636. The lowest BCUT2D eigenvalue weighted by atomic mass is 9.95.